The number of benzene rings is 1. The zero-order valence-corrected chi connectivity index (χ0v) is 11.4. The van der Waals surface area contributed by atoms with Crippen molar-refractivity contribution in [2.75, 3.05) is 20.6 Å². The molecule has 0 spiro atoms. The Morgan fingerprint density at radius 1 is 1.33 bits per heavy atom. The van der Waals surface area contributed by atoms with E-state index in [1.165, 1.54) is 0 Å². The van der Waals surface area contributed by atoms with Crippen LogP contribution in [-0.2, 0) is 10.2 Å². The Morgan fingerprint density at radius 2 is 1.94 bits per heavy atom. The Hall–Kier alpha value is -1.35. The molecule has 1 amide bonds. The molecule has 1 fully saturated rings. The SMILES string of the molecule is C[C@@H](CNC(=O)C1(c2ccccc2)CC1)N(C)C. The van der Waals surface area contributed by atoms with Crippen molar-refractivity contribution in [2.24, 2.45) is 0 Å². The lowest BCUT2D eigenvalue weighted by Gasteiger charge is -2.22. The molecular weight excluding hydrogens is 224 g/mol. The molecule has 0 unspecified atom stereocenters. The van der Waals surface area contributed by atoms with E-state index >= 15 is 0 Å². The van der Waals surface area contributed by atoms with Crippen molar-refractivity contribution in [2.45, 2.75) is 31.2 Å². The van der Waals surface area contributed by atoms with Crippen LogP contribution in [0.25, 0.3) is 0 Å². The van der Waals surface area contributed by atoms with Gasteiger partial charge in [-0.1, -0.05) is 30.3 Å². The Morgan fingerprint density at radius 3 is 2.44 bits per heavy atom. The van der Waals surface area contributed by atoms with Crippen LogP contribution in [0.2, 0.25) is 0 Å². The maximum Gasteiger partial charge on any atom is 0.230 e. The fourth-order valence-corrected chi connectivity index (χ4v) is 2.12. The molecule has 98 valence electrons. The predicted octanol–water partition coefficient (Wildman–Crippen LogP) is 1.78. The molecule has 3 nitrogen and oxygen atoms in total. The van der Waals surface area contributed by atoms with Crippen LogP contribution < -0.4 is 5.32 Å². The zero-order chi connectivity index (χ0) is 13.2. The lowest BCUT2D eigenvalue weighted by Crippen LogP contribution is -2.42. The van der Waals surface area contributed by atoms with E-state index in [0.717, 1.165) is 18.4 Å². The molecule has 1 atom stereocenters. The van der Waals surface area contributed by atoms with Gasteiger partial charge in [0.15, 0.2) is 0 Å². The highest BCUT2D eigenvalue weighted by atomic mass is 16.2. The number of carbonyl (C=O) groups is 1. The van der Waals surface area contributed by atoms with Crippen molar-refractivity contribution in [1.29, 1.82) is 0 Å². The van der Waals surface area contributed by atoms with Crippen LogP contribution in [0.5, 0.6) is 0 Å². The van der Waals surface area contributed by atoms with Gasteiger partial charge < -0.3 is 10.2 Å². The Bertz CT molecular complexity index is 410. The van der Waals surface area contributed by atoms with Crippen LogP contribution in [0.3, 0.4) is 0 Å². The van der Waals surface area contributed by atoms with Gasteiger partial charge in [-0.3, -0.25) is 4.79 Å². The first-order valence-corrected chi connectivity index (χ1v) is 6.56. The van der Waals surface area contributed by atoms with Gasteiger partial charge in [-0.15, -0.1) is 0 Å². The molecule has 0 saturated heterocycles. The number of nitrogens with zero attached hydrogens (tertiary/aromatic N) is 1. The predicted molar refractivity (Wildman–Crippen MR) is 73.5 cm³/mol. The Labute approximate surface area is 109 Å². The van der Waals surface area contributed by atoms with Gasteiger partial charge >= 0.3 is 0 Å². The minimum Gasteiger partial charge on any atom is -0.354 e. The maximum atomic E-state index is 12.3. The first-order chi connectivity index (χ1) is 8.56. The van der Waals surface area contributed by atoms with Crippen molar-refractivity contribution >= 4 is 5.91 Å². The van der Waals surface area contributed by atoms with E-state index < -0.39 is 0 Å². The molecule has 3 heteroatoms. The lowest BCUT2D eigenvalue weighted by molar-refractivity contribution is -0.123. The standard InChI is InChI=1S/C15H22N2O/c1-12(17(2)3)11-16-14(18)15(9-10-15)13-7-5-4-6-8-13/h4-8,12H,9-11H2,1-3H3,(H,16,18)/t12-/m0/s1. The van der Waals surface area contributed by atoms with E-state index in [-0.39, 0.29) is 11.3 Å². The first kappa shape index (κ1) is 13.1. The molecule has 1 aliphatic carbocycles. The molecule has 1 aliphatic rings. The quantitative estimate of drug-likeness (QED) is 0.859. The summed E-state index contributed by atoms with van der Waals surface area (Å²) in [6.07, 6.45) is 1.94. The third kappa shape index (κ3) is 2.56. The second kappa shape index (κ2) is 5.11. The van der Waals surface area contributed by atoms with Crippen molar-refractivity contribution in [3.63, 3.8) is 0 Å². The Balaban J connectivity index is 1.98. The van der Waals surface area contributed by atoms with E-state index in [9.17, 15) is 4.79 Å². The number of nitrogens with one attached hydrogen (secondary N) is 1. The molecule has 1 aromatic rings. The average Bonchev–Trinajstić information content (AvgIpc) is 3.18. The number of carbonyl (C=O) groups excluding carboxylic acids is 1. The topological polar surface area (TPSA) is 32.3 Å². The third-order valence-electron chi connectivity index (χ3n) is 3.95. The molecule has 1 aromatic carbocycles. The summed E-state index contributed by atoms with van der Waals surface area (Å²) >= 11 is 0. The number of hydrogen-bond donors (Lipinski definition) is 1. The van der Waals surface area contributed by atoms with Crippen LogP contribution >= 0.6 is 0 Å². The number of amides is 1. The van der Waals surface area contributed by atoms with Crippen molar-refractivity contribution < 1.29 is 4.79 Å². The van der Waals surface area contributed by atoms with Gasteiger partial charge in [-0.2, -0.15) is 0 Å². The number of likely N-dealkylation sites (N-methyl/N-ethyl adjacent to an activating group) is 1. The minimum atomic E-state index is -0.243. The van der Waals surface area contributed by atoms with Crippen LogP contribution in [0.1, 0.15) is 25.3 Å². The highest BCUT2D eigenvalue weighted by Crippen LogP contribution is 2.48. The van der Waals surface area contributed by atoms with Crippen LogP contribution in [-0.4, -0.2) is 37.5 Å². The average molecular weight is 246 g/mol. The number of hydrogen-bond acceptors (Lipinski definition) is 2. The molecule has 18 heavy (non-hydrogen) atoms. The monoisotopic (exact) mass is 246 g/mol. The second-order valence-corrected chi connectivity index (χ2v) is 5.47. The summed E-state index contributed by atoms with van der Waals surface area (Å²) in [6, 6.07) is 10.5. The maximum absolute atomic E-state index is 12.3. The van der Waals surface area contributed by atoms with E-state index in [2.05, 4.69) is 29.3 Å². The molecule has 0 radical (unpaired) electrons. The summed E-state index contributed by atoms with van der Waals surface area (Å²) in [5, 5.41) is 3.08. The van der Waals surface area contributed by atoms with Crippen molar-refractivity contribution in [3.8, 4) is 0 Å². The van der Waals surface area contributed by atoms with Crippen LogP contribution in [0, 0.1) is 0 Å². The zero-order valence-electron chi connectivity index (χ0n) is 11.4. The van der Waals surface area contributed by atoms with E-state index in [4.69, 9.17) is 0 Å². The van der Waals surface area contributed by atoms with Gasteiger partial charge in [0.05, 0.1) is 5.41 Å². The highest BCUT2D eigenvalue weighted by molar-refractivity contribution is 5.91. The largest absolute Gasteiger partial charge is 0.354 e. The normalized spacial score (nSPS) is 18.4. The molecule has 2 rings (SSSR count). The van der Waals surface area contributed by atoms with Gasteiger partial charge in [0.2, 0.25) is 5.91 Å². The van der Waals surface area contributed by atoms with Crippen LogP contribution in [0.4, 0.5) is 0 Å². The van der Waals surface area contributed by atoms with E-state index in [0.29, 0.717) is 12.6 Å². The Kier molecular flexibility index (Phi) is 3.71. The molecule has 1 saturated carbocycles. The van der Waals surface area contributed by atoms with Gasteiger partial charge in [-0.25, -0.2) is 0 Å². The minimum absolute atomic E-state index is 0.183. The van der Waals surface area contributed by atoms with Gasteiger partial charge in [0, 0.05) is 12.6 Å². The summed E-state index contributed by atoms with van der Waals surface area (Å²) in [5.41, 5.74) is 0.910. The second-order valence-electron chi connectivity index (χ2n) is 5.47. The van der Waals surface area contributed by atoms with Gasteiger partial charge in [0.25, 0.3) is 0 Å². The molecule has 0 heterocycles. The molecule has 0 aromatic heterocycles. The highest BCUT2D eigenvalue weighted by Gasteiger charge is 2.50. The summed E-state index contributed by atoms with van der Waals surface area (Å²) in [5.74, 6) is 0.183. The first-order valence-electron chi connectivity index (χ1n) is 6.56. The fraction of sp³-hybridized carbons (Fsp3) is 0.533. The van der Waals surface area contributed by atoms with Gasteiger partial charge in [-0.05, 0) is 39.4 Å². The van der Waals surface area contributed by atoms with Crippen LogP contribution in [0.15, 0.2) is 30.3 Å². The smallest absolute Gasteiger partial charge is 0.230 e. The molecule has 1 N–H and O–H groups in total. The number of rotatable bonds is 5. The molecule has 0 bridgehead atoms. The summed E-state index contributed by atoms with van der Waals surface area (Å²) < 4.78 is 0. The molecular formula is C15H22N2O. The van der Waals surface area contributed by atoms with Crippen molar-refractivity contribution in [1.82, 2.24) is 10.2 Å². The summed E-state index contributed by atoms with van der Waals surface area (Å²) in [6.45, 7) is 2.82. The lowest BCUT2D eigenvalue weighted by atomic mass is 9.95. The third-order valence-corrected chi connectivity index (χ3v) is 3.95. The molecule has 0 aliphatic heterocycles. The summed E-state index contributed by atoms with van der Waals surface area (Å²) in [4.78, 5) is 14.4. The summed E-state index contributed by atoms with van der Waals surface area (Å²) in [7, 11) is 4.06. The van der Waals surface area contributed by atoms with Crippen molar-refractivity contribution in [3.05, 3.63) is 35.9 Å². The van der Waals surface area contributed by atoms with E-state index in [1.807, 2.05) is 32.3 Å². The van der Waals surface area contributed by atoms with E-state index in [1.54, 1.807) is 0 Å². The fourth-order valence-electron chi connectivity index (χ4n) is 2.12. The van der Waals surface area contributed by atoms with Gasteiger partial charge in [0.1, 0.15) is 0 Å².